The standard InChI is InChI=1S/C28H27N5O2/c1-18-17-33(28(35)21(9-12-29)15-19-5-3-2-4-6-19)14-11-22(18)24-16-25(32-27(34)20-7-8-20)31-26-23(24)10-13-30-26/h2-6,10-11,13,15-16,18,20H,7-9,14,17H2,1H3,(H2,30,31,32,34)/b21-15+/t18-/m1/s1. The largest absolute Gasteiger partial charge is 0.346 e. The van der Waals surface area contributed by atoms with Crippen LogP contribution in [0.2, 0.25) is 0 Å². The van der Waals surface area contributed by atoms with Crippen molar-refractivity contribution in [1.29, 1.82) is 5.26 Å². The van der Waals surface area contributed by atoms with Crippen molar-refractivity contribution < 1.29 is 9.59 Å². The molecule has 0 saturated heterocycles. The molecule has 1 fully saturated rings. The Morgan fingerprint density at radius 1 is 1.26 bits per heavy atom. The molecule has 0 bridgehead atoms. The summed E-state index contributed by atoms with van der Waals surface area (Å²) in [5, 5.41) is 13.2. The first-order valence-corrected chi connectivity index (χ1v) is 11.9. The van der Waals surface area contributed by atoms with Gasteiger partial charge in [-0.25, -0.2) is 4.98 Å². The van der Waals surface area contributed by atoms with E-state index in [1.807, 2.05) is 48.7 Å². The van der Waals surface area contributed by atoms with Crippen LogP contribution in [-0.4, -0.2) is 39.8 Å². The van der Waals surface area contributed by atoms with E-state index in [9.17, 15) is 14.9 Å². The van der Waals surface area contributed by atoms with Crippen molar-refractivity contribution in [3.63, 3.8) is 0 Å². The van der Waals surface area contributed by atoms with Gasteiger partial charge in [-0.3, -0.25) is 9.59 Å². The summed E-state index contributed by atoms with van der Waals surface area (Å²) in [6.45, 7) is 3.09. The first-order chi connectivity index (χ1) is 17.0. The summed E-state index contributed by atoms with van der Waals surface area (Å²) in [4.78, 5) is 35.2. The van der Waals surface area contributed by atoms with E-state index in [4.69, 9.17) is 0 Å². The third-order valence-corrected chi connectivity index (χ3v) is 6.57. The van der Waals surface area contributed by atoms with Gasteiger partial charge in [-0.15, -0.1) is 0 Å². The van der Waals surface area contributed by atoms with Gasteiger partial charge in [-0.05, 0) is 53.7 Å². The second kappa shape index (κ2) is 9.59. The third kappa shape index (κ3) is 4.87. The Bertz CT molecular complexity index is 1380. The smallest absolute Gasteiger partial charge is 0.251 e. The Kier molecular flexibility index (Phi) is 6.19. The highest BCUT2D eigenvalue weighted by atomic mass is 16.2. The predicted octanol–water partition coefficient (Wildman–Crippen LogP) is 4.77. The topological polar surface area (TPSA) is 102 Å². The number of benzene rings is 1. The fraction of sp³-hybridized carbons (Fsp3) is 0.286. The van der Waals surface area contributed by atoms with Crippen LogP contribution in [0.4, 0.5) is 5.82 Å². The summed E-state index contributed by atoms with van der Waals surface area (Å²) in [6, 6.07) is 15.6. The maximum Gasteiger partial charge on any atom is 0.251 e. The fourth-order valence-corrected chi connectivity index (χ4v) is 4.60. The second-order valence-corrected chi connectivity index (χ2v) is 9.24. The maximum atomic E-state index is 13.3. The number of nitrogens with zero attached hydrogens (tertiary/aromatic N) is 3. The van der Waals surface area contributed by atoms with Crippen LogP contribution in [-0.2, 0) is 9.59 Å². The highest BCUT2D eigenvalue weighted by Gasteiger charge is 2.31. The Balaban J connectivity index is 1.41. The van der Waals surface area contributed by atoms with E-state index in [1.54, 1.807) is 11.0 Å². The molecule has 1 aliphatic carbocycles. The summed E-state index contributed by atoms with van der Waals surface area (Å²) in [6.07, 6.45) is 7.65. The number of nitriles is 1. The van der Waals surface area contributed by atoms with E-state index in [2.05, 4.69) is 34.4 Å². The molecule has 2 aliphatic rings. The third-order valence-electron chi connectivity index (χ3n) is 6.57. The number of fused-ring (bicyclic) bond motifs is 1. The molecular weight excluding hydrogens is 438 g/mol. The van der Waals surface area contributed by atoms with Crippen LogP contribution in [0.3, 0.4) is 0 Å². The minimum absolute atomic E-state index is 0.0204. The molecule has 1 aromatic carbocycles. The van der Waals surface area contributed by atoms with Gasteiger partial charge < -0.3 is 15.2 Å². The van der Waals surface area contributed by atoms with Crippen molar-refractivity contribution in [2.45, 2.75) is 26.2 Å². The van der Waals surface area contributed by atoms with Crippen LogP contribution in [0.5, 0.6) is 0 Å². The normalized spacial score (nSPS) is 18.2. The SMILES string of the molecule is C[C@@H]1CN(C(=O)/C(=C/c2ccccc2)CC#N)CC=C1c1cc(NC(=O)C2CC2)nc2[nH]ccc12. The van der Waals surface area contributed by atoms with E-state index in [1.165, 1.54) is 0 Å². The number of aromatic amines is 1. The molecule has 1 saturated carbocycles. The summed E-state index contributed by atoms with van der Waals surface area (Å²) >= 11 is 0. The van der Waals surface area contributed by atoms with Crippen molar-refractivity contribution in [3.05, 3.63) is 71.4 Å². The van der Waals surface area contributed by atoms with E-state index in [0.717, 1.165) is 40.6 Å². The van der Waals surface area contributed by atoms with Crippen molar-refractivity contribution in [1.82, 2.24) is 14.9 Å². The number of rotatable bonds is 6. The lowest BCUT2D eigenvalue weighted by Crippen LogP contribution is -2.39. The quantitative estimate of drug-likeness (QED) is 0.512. The molecular formula is C28H27N5O2. The van der Waals surface area contributed by atoms with Crippen molar-refractivity contribution in [2.75, 3.05) is 18.4 Å². The first kappa shape index (κ1) is 22.6. The molecule has 7 heteroatoms. The van der Waals surface area contributed by atoms with Crippen molar-refractivity contribution in [3.8, 4) is 6.07 Å². The molecule has 5 rings (SSSR count). The van der Waals surface area contributed by atoms with Crippen LogP contribution in [0.25, 0.3) is 22.7 Å². The molecule has 7 nitrogen and oxygen atoms in total. The van der Waals surface area contributed by atoms with Gasteiger partial charge in [-0.1, -0.05) is 43.3 Å². The molecule has 3 heterocycles. The first-order valence-electron chi connectivity index (χ1n) is 11.9. The Morgan fingerprint density at radius 3 is 2.77 bits per heavy atom. The van der Waals surface area contributed by atoms with E-state index in [-0.39, 0.29) is 30.1 Å². The molecule has 2 aromatic heterocycles. The van der Waals surface area contributed by atoms with Gasteiger partial charge in [-0.2, -0.15) is 5.26 Å². The van der Waals surface area contributed by atoms with Gasteiger partial charge in [0.05, 0.1) is 12.5 Å². The molecule has 0 spiro atoms. The van der Waals surface area contributed by atoms with Crippen molar-refractivity contribution in [2.24, 2.45) is 11.8 Å². The Labute approximate surface area is 204 Å². The van der Waals surface area contributed by atoms with E-state index < -0.39 is 0 Å². The van der Waals surface area contributed by atoms with Gasteiger partial charge in [0.2, 0.25) is 5.91 Å². The molecule has 35 heavy (non-hydrogen) atoms. The highest BCUT2D eigenvalue weighted by Crippen LogP contribution is 2.35. The monoisotopic (exact) mass is 465 g/mol. The molecule has 176 valence electrons. The Morgan fingerprint density at radius 2 is 2.06 bits per heavy atom. The molecule has 0 radical (unpaired) electrons. The molecule has 1 aliphatic heterocycles. The zero-order valence-electron chi connectivity index (χ0n) is 19.6. The molecule has 2 amide bonds. The molecule has 1 atom stereocenters. The fourth-order valence-electron chi connectivity index (χ4n) is 4.60. The predicted molar refractivity (Wildman–Crippen MR) is 136 cm³/mol. The minimum Gasteiger partial charge on any atom is -0.346 e. The average Bonchev–Trinajstić information content (AvgIpc) is 3.61. The number of amides is 2. The van der Waals surface area contributed by atoms with Crippen LogP contribution >= 0.6 is 0 Å². The summed E-state index contributed by atoms with van der Waals surface area (Å²) < 4.78 is 0. The average molecular weight is 466 g/mol. The number of hydrogen-bond donors (Lipinski definition) is 2. The number of pyridine rings is 1. The van der Waals surface area contributed by atoms with Crippen LogP contribution in [0, 0.1) is 23.2 Å². The van der Waals surface area contributed by atoms with Gasteiger partial charge in [0, 0.05) is 36.2 Å². The number of anilines is 1. The number of aromatic nitrogens is 2. The van der Waals surface area contributed by atoms with E-state index in [0.29, 0.717) is 24.5 Å². The molecule has 2 N–H and O–H groups in total. The lowest BCUT2D eigenvalue weighted by Gasteiger charge is -2.32. The van der Waals surface area contributed by atoms with E-state index >= 15 is 0 Å². The summed E-state index contributed by atoms with van der Waals surface area (Å²) in [7, 11) is 0. The minimum atomic E-state index is -0.114. The summed E-state index contributed by atoms with van der Waals surface area (Å²) in [5.74, 6) is 0.614. The zero-order valence-corrected chi connectivity index (χ0v) is 19.6. The van der Waals surface area contributed by atoms with Gasteiger partial charge >= 0.3 is 0 Å². The lowest BCUT2D eigenvalue weighted by molar-refractivity contribution is -0.127. The van der Waals surface area contributed by atoms with Gasteiger partial charge in [0.15, 0.2) is 0 Å². The maximum absolute atomic E-state index is 13.3. The number of carbonyl (C=O) groups excluding carboxylic acids is 2. The molecule has 0 unspecified atom stereocenters. The number of hydrogen-bond acceptors (Lipinski definition) is 4. The number of H-pyrrole nitrogens is 1. The lowest BCUT2D eigenvalue weighted by atomic mass is 9.89. The number of nitrogens with one attached hydrogen (secondary N) is 2. The van der Waals surface area contributed by atoms with Crippen LogP contribution < -0.4 is 5.32 Å². The highest BCUT2D eigenvalue weighted by molar-refractivity contribution is 6.00. The van der Waals surface area contributed by atoms with Crippen LogP contribution in [0.1, 0.15) is 37.3 Å². The second-order valence-electron chi connectivity index (χ2n) is 9.24. The zero-order chi connectivity index (χ0) is 24.4. The van der Waals surface area contributed by atoms with Crippen molar-refractivity contribution >= 4 is 40.3 Å². The van der Waals surface area contributed by atoms with Gasteiger partial charge in [0.25, 0.3) is 5.91 Å². The summed E-state index contributed by atoms with van der Waals surface area (Å²) in [5.41, 5.74) is 4.25. The Hall–Kier alpha value is -4.18. The van der Waals surface area contributed by atoms with Gasteiger partial charge in [0.1, 0.15) is 11.5 Å². The molecule has 3 aromatic rings. The number of carbonyl (C=O) groups is 2. The van der Waals surface area contributed by atoms with Crippen LogP contribution in [0.15, 0.2) is 60.3 Å².